The molecule has 0 N–H and O–H groups in total. The van der Waals surface area contributed by atoms with Crippen LogP contribution in [-0.4, -0.2) is 25.1 Å². The van der Waals surface area contributed by atoms with Crippen molar-refractivity contribution in [3.63, 3.8) is 0 Å². The number of fused-ring (bicyclic) bond motifs is 3. The first-order valence-electron chi connectivity index (χ1n) is 7.33. The molecule has 0 radical (unpaired) electrons. The van der Waals surface area contributed by atoms with Crippen LogP contribution in [0, 0.1) is 0 Å². The number of hydrogen-bond donors (Lipinski definition) is 0. The maximum absolute atomic E-state index is 12.7. The third-order valence-electron chi connectivity index (χ3n) is 3.74. The van der Waals surface area contributed by atoms with Gasteiger partial charge in [0.15, 0.2) is 0 Å². The molecule has 0 heterocycles. The summed E-state index contributed by atoms with van der Waals surface area (Å²) in [7, 11) is 0. The number of esters is 1. The van der Waals surface area contributed by atoms with Crippen LogP contribution in [0.2, 0.25) is 0 Å². The van der Waals surface area contributed by atoms with E-state index in [2.05, 4.69) is 4.74 Å². The lowest BCUT2D eigenvalue weighted by Gasteiger charge is -2.16. The van der Waals surface area contributed by atoms with Crippen molar-refractivity contribution in [2.75, 3.05) is 13.2 Å². The van der Waals surface area contributed by atoms with Gasteiger partial charge in [0.05, 0.1) is 6.61 Å². The molecule has 120 valence electrons. The molecule has 0 unspecified atom stereocenters. The SMILES string of the molecule is CC(F)(F)C(=O)OCCOC1c2ccccc2-c2ccccc21. The van der Waals surface area contributed by atoms with Gasteiger partial charge in [0.1, 0.15) is 12.7 Å². The second kappa shape index (κ2) is 6.08. The monoisotopic (exact) mass is 318 g/mol. The highest BCUT2D eigenvalue weighted by Gasteiger charge is 2.34. The number of benzene rings is 2. The third kappa shape index (κ3) is 3.10. The normalized spacial score (nSPS) is 13.5. The van der Waals surface area contributed by atoms with Crippen LogP contribution in [0.5, 0.6) is 0 Å². The van der Waals surface area contributed by atoms with Crippen LogP contribution in [0.4, 0.5) is 8.78 Å². The van der Waals surface area contributed by atoms with Gasteiger partial charge in [0, 0.05) is 6.92 Å². The highest BCUT2D eigenvalue weighted by atomic mass is 19.3. The van der Waals surface area contributed by atoms with E-state index in [0.29, 0.717) is 6.92 Å². The van der Waals surface area contributed by atoms with Crippen molar-refractivity contribution in [1.29, 1.82) is 0 Å². The molecule has 0 saturated heterocycles. The van der Waals surface area contributed by atoms with E-state index in [1.54, 1.807) is 0 Å². The van der Waals surface area contributed by atoms with E-state index in [0.717, 1.165) is 22.3 Å². The lowest BCUT2D eigenvalue weighted by Crippen LogP contribution is -2.28. The Morgan fingerprint density at radius 3 is 2.04 bits per heavy atom. The first-order valence-corrected chi connectivity index (χ1v) is 7.33. The molecule has 1 aliphatic carbocycles. The summed E-state index contributed by atoms with van der Waals surface area (Å²) < 4.78 is 35.8. The molecule has 0 aliphatic heterocycles. The first-order chi connectivity index (χ1) is 11.0. The third-order valence-corrected chi connectivity index (χ3v) is 3.74. The summed E-state index contributed by atoms with van der Waals surface area (Å²) in [6, 6.07) is 15.8. The van der Waals surface area contributed by atoms with Crippen LogP contribution in [0.15, 0.2) is 48.5 Å². The quantitative estimate of drug-likeness (QED) is 0.618. The molecule has 0 aromatic heterocycles. The largest absolute Gasteiger partial charge is 0.459 e. The second-order valence-electron chi connectivity index (χ2n) is 5.45. The van der Waals surface area contributed by atoms with Crippen LogP contribution in [0.3, 0.4) is 0 Å². The van der Waals surface area contributed by atoms with Gasteiger partial charge in [0.2, 0.25) is 0 Å². The minimum Gasteiger partial charge on any atom is -0.459 e. The number of carbonyl (C=O) groups excluding carboxylic acids is 1. The number of carbonyl (C=O) groups is 1. The molecule has 2 aromatic carbocycles. The molecule has 3 rings (SSSR count). The Morgan fingerprint density at radius 2 is 1.52 bits per heavy atom. The van der Waals surface area contributed by atoms with Gasteiger partial charge in [-0.1, -0.05) is 48.5 Å². The van der Waals surface area contributed by atoms with Crippen molar-refractivity contribution < 1.29 is 23.0 Å². The van der Waals surface area contributed by atoms with Crippen LogP contribution >= 0.6 is 0 Å². The number of ether oxygens (including phenoxy) is 2. The molecule has 0 atom stereocenters. The van der Waals surface area contributed by atoms with Gasteiger partial charge in [-0.05, 0) is 22.3 Å². The molecule has 3 nitrogen and oxygen atoms in total. The molecule has 0 bridgehead atoms. The molecule has 2 aromatic rings. The predicted octanol–water partition coefficient (Wildman–Crippen LogP) is 3.97. The zero-order chi connectivity index (χ0) is 16.4. The standard InChI is InChI=1S/C18H16F2O3/c1-18(19,20)17(21)23-11-10-22-16-14-8-4-2-6-12(14)13-7-3-5-9-15(13)16/h2-9,16H,10-11H2,1H3. The molecule has 0 saturated carbocycles. The van der Waals surface area contributed by atoms with Crippen molar-refractivity contribution >= 4 is 5.97 Å². The van der Waals surface area contributed by atoms with E-state index in [1.165, 1.54) is 0 Å². The van der Waals surface area contributed by atoms with Crippen LogP contribution in [-0.2, 0) is 14.3 Å². The number of hydrogen-bond acceptors (Lipinski definition) is 3. The molecule has 23 heavy (non-hydrogen) atoms. The highest BCUT2D eigenvalue weighted by Crippen LogP contribution is 2.44. The zero-order valence-electron chi connectivity index (χ0n) is 12.6. The van der Waals surface area contributed by atoms with Gasteiger partial charge in [-0.3, -0.25) is 0 Å². The van der Waals surface area contributed by atoms with E-state index in [4.69, 9.17) is 4.74 Å². The van der Waals surface area contributed by atoms with E-state index >= 15 is 0 Å². The van der Waals surface area contributed by atoms with Crippen molar-refractivity contribution in [3.8, 4) is 11.1 Å². The van der Waals surface area contributed by atoms with E-state index in [-0.39, 0.29) is 19.3 Å². The summed E-state index contributed by atoms with van der Waals surface area (Å²) in [4.78, 5) is 11.0. The maximum atomic E-state index is 12.7. The van der Waals surface area contributed by atoms with Crippen LogP contribution < -0.4 is 0 Å². The molecular formula is C18H16F2O3. The minimum absolute atomic E-state index is 0.0507. The Labute approximate surface area is 132 Å². The fourth-order valence-electron chi connectivity index (χ4n) is 2.72. The van der Waals surface area contributed by atoms with Gasteiger partial charge in [-0.2, -0.15) is 8.78 Å². The Kier molecular flexibility index (Phi) is 4.13. The van der Waals surface area contributed by atoms with Crippen molar-refractivity contribution in [2.24, 2.45) is 0 Å². The summed E-state index contributed by atoms with van der Waals surface area (Å²) in [5.41, 5.74) is 4.26. The summed E-state index contributed by atoms with van der Waals surface area (Å²) in [5, 5.41) is 0. The van der Waals surface area contributed by atoms with Crippen molar-refractivity contribution in [1.82, 2.24) is 0 Å². The number of rotatable bonds is 5. The zero-order valence-corrected chi connectivity index (χ0v) is 12.6. The maximum Gasteiger partial charge on any atom is 0.376 e. The molecule has 5 heteroatoms. The minimum atomic E-state index is -3.48. The van der Waals surface area contributed by atoms with Gasteiger partial charge >= 0.3 is 11.9 Å². The van der Waals surface area contributed by atoms with Crippen LogP contribution in [0.1, 0.15) is 24.2 Å². The average Bonchev–Trinajstić information content (AvgIpc) is 2.85. The smallest absolute Gasteiger partial charge is 0.376 e. The molecule has 0 amide bonds. The second-order valence-corrected chi connectivity index (χ2v) is 5.45. The van der Waals surface area contributed by atoms with E-state index in [9.17, 15) is 13.6 Å². The summed E-state index contributed by atoms with van der Waals surface area (Å²) in [6.07, 6.45) is -0.275. The molecule has 1 aliphatic rings. The Balaban J connectivity index is 1.68. The summed E-state index contributed by atoms with van der Waals surface area (Å²) >= 11 is 0. The van der Waals surface area contributed by atoms with Gasteiger partial charge in [-0.15, -0.1) is 0 Å². The Hall–Kier alpha value is -2.27. The van der Waals surface area contributed by atoms with Gasteiger partial charge in [0.25, 0.3) is 0 Å². The summed E-state index contributed by atoms with van der Waals surface area (Å²) in [6.45, 7) is 0.359. The van der Waals surface area contributed by atoms with Crippen LogP contribution in [0.25, 0.3) is 11.1 Å². The molecular weight excluding hydrogens is 302 g/mol. The van der Waals surface area contributed by atoms with E-state index < -0.39 is 11.9 Å². The van der Waals surface area contributed by atoms with Gasteiger partial charge < -0.3 is 9.47 Å². The highest BCUT2D eigenvalue weighted by molar-refractivity contribution is 5.78. The number of halogens is 2. The lowest BCUT2D eigenvalue weighted by atomic mass is 10.1. The molecule has 0 fully saturated rings. The Bertz CT molecular complexity index is 677. The van der Waals surface area contributed by atoms with E-state index in [1.807, 2.05) is 48.5 Å². The van der Waals surface area contributed by atoms with Crippen molar-refractivity contribution in [3.05, 3.63) is 59.7 Å². The fourth-order valence-corrected chi connectivity index (χ4v) is 2.72. The topological polar surface area (TPSA) is 35.5 Å². The van der Waals surface area contributed by atoms with Crippen molar-refractivity contribution in [2.45, 2.75) is 19.0 Å². The van der Waals surface area contributed by atoms with Gasteiger partial charge in [-0.25, -0.2) is 4.79 Å². The lowest BCUT2D eigenvalue weighted by molar-refractivity contribution is -0.171. The molecule has 0 spiro atoms. The average molecular weight is 318 g/mol. The number of alkyl halides is 2. The predicted molar refractivity (Wildman–Crippen MR) is 81.3 cm³/mol. The first kappa shape index (κ1) is 15.6. The Morgan fingerprint density at radius 1 is 1.00 bits per heavy atom. The fraction of sp³-hybridized carbons (Fsp3) is 0.278. The summed E-state index contributed by atoms with van der Waals surface area (Å²) in [5.74, 6) is -5.01.